The molecule has 0 aliphatic rings. The van der Waals surface area contributed by atoms with E-state index in [4.69, 9.17) is 0 Å². The minimum absolute atomic E-state index is 0.0248. The standard InChI is InChI=1S/C22H18N8O3S2/c1-13-21(34-22(24-13)25-14(2)31)35(32,33)29-17-7-3-5-15(11-17)18-8-9-19-26-27-20(30(19)28-18)16-6-4-10-23-12-16/h3-12,29H,1-2H3,(H,24,25,31). The number of fused-ring (bicyclic) bond motifs is 1. The number of rotatable bonds is 6. The third-order valence-electron chi connectivity index (χ3n) is 4.87. The van der Waals surface area contributed by atoms with Crippen molar-refractivity contribution in [3.63, 3.8) is 0 Å². The maximum atomic E-state index is 13.0. The Hall–Kier alpha value is -4.23. The number of sulfonamides is 1. The highest BCUT2D eigenvalue weighted by molar-refractivity contribution is 7.94. The predicted molar refractivity (Wildman–Crippen MR) is 131 cm³/mol. The zero-order valence-corrected chi connectivity index (χ0v) is 20.1. The molecular formula is C22H18N8O3S2. The monoisotopic (exact) mass is 506 g/mol. The Kier molecular flexibility index (Phi) is 5.70. The Balaban J connectivity index is 1.46. The van der Waals surface area contributed by atoms with Crippen molar-refractivity contribution in [2.75, 3.05) is 10.0 Å². The smallest absolute Gasteiger partial charge is 0.273 e. The Morgan fingerprint density at radius 1 is 1.06 bits per heavy atom. The molecule has 1 amide bonds. The van der Waals surface area contributed by atoms with Crippen molar-refractivity contribution in [2.24, 2.45) is 0 Å². The van der Waals surface area contributed by atoms with Crippen LogP contribution >= 0.6 is 11.3 Å². The summed E-state index contributed by atoms with van der Waals surface area (Å²) >= 11 is 0.888. The van der Waals surface area contributed by atoms with Gasteiger partial charge in [0, 0.05) is 36.1 Å². The quantitative estimate of drug-likeness (QED) is 0.357. The van der Waals surface area contributed by atoms with E-state index in [0.717, 1.165) is 16.9 Å². The van der Waals surface area contributed by atoms with Crippen LogP contribution in [0, 0.1) is 6.92 Å². The lowest BCUT2D eigenvalue weighted by Gasteiger charge is -2.09. The molecule has 4 aromatic heterocycles. The summed E-state index contributed by atoms with van der Waals surface area (Å²) in [7, 11) is -3.92. The summed E-state index contributed by atoms with van der Waals surface area (Å²) in [5.41, 5.74) is 3.28. The Bertz CT molecular complexity index is 1660. The Morgan fingerprint density at radius 2 is 1.89 bits per heavy atom. The zero-order valence-electron chi connectivity index (χ0n) is 18.5. The van der Waals surface area contributed by atoms with E-state index in [0.29, 0.717) is 34.1 Å². The maximum Gasteiger partial charge on any atom is 0.273 e. The van der Waals surface area contributed by atoms with Gasteiger partial charge in [0.25, 0.3) is 10.0 Å². The van der Waals surface area contributed by atoms with Gasteiger partial charge >= 0.3 is 0 Å². The number of hydrogen-bond donors (Lipinski definition) is 2. The lowest BCUT2D eigenvalue weighted by molar-refractivity contribution is -0.114. The summed E-state index contributed by atoms with van der Waals surface area (Å²) in [4.78, 5) is 19.5. The number of carbonyl (C=O) groups excluding carboxylic acids is 1. The molecule has 0 saturated heterocycles. The molecule has 2 N–H and O–H groups in total. The van der Waals surface area contributed by atoms with Gasteiger partial charge in [-0.2, -0.15) is 9.61 Å². The fourth-order valence-electron chi connectivity index (χ4n) is 3.40. The molecule has 1 aromatic carbocycles. The van der Waals surface area contributed by atoms with Crippen molar-refractivity contribution in [3.8, 4) is 22.6 Å². The highest BCUT2D eigenvalue weighted by Gasteiger charge is 2.23. The first-order chi connectivity index (χ1) is 16.8. The highest BCUT2D eigenvalue weighted by atomic mass is 32.2. The second-order valence-electron chi connectivity index (χ2n) is 7.51. The molecule has 176 valence electrons. The lowest BCUT2D eigenvalue weighted by atomic mass is 10.1. The SMILES string of the molecule is CC(=O)Nc1nc(C)c(S(=O)(=O)Nc2cccc(-c3ccc4nnc(-c5cccnc5)n4n3)c2)s1. The van der Waals surface area contributed by atoms with E-state index in [1.165, 1.54) is 6.92 Å². The number of hydrogen-bond acceptors (Lipinski definition) is 9. The molecular weight excluding hydrogens is 488 g/mol. The lowest BCUT2D eigenvalue weighted by Crippen LogP contribution is -2.12. The molecule has 0 unspecified atom stereocenters. The van der Waals surface area contributed by atoms with Gasteiger partial charge in [0.2, 0.25) is 5.91 Å². The molecule has 0 aliphatic carbocycles. The number of pyridine rings is 1. The zero-order chi connectivity index (χ0) is 24.6. The van der Waals surface area contributed by atoms with Crippen molar-refractivity contribution in [1.82, 2.24) is 29.8 Å². The van der Waals surface area contributed by atoms with Gasteiger partial charge < -0.3 is 5.32 Å². The van der Waals surface area contributed by atoms with Crippen LogP contribution < -0.4 is 10.0 Å². The number of carbonyl (C=O) groups is 1. The molecule has 0 saturated carbocycles. The summed E-state index contributed by atoms with van der Waals surface area (Å²) in [5, 5.41) is 15.8. The van der Waals surface area contributed by atoms with Gasteiger partial charge in [0.15, 0.2) is 20.8 Å². The van der Waals surface area contributed by atoms with E-state index in [-0.39, 0.29) is 15.2 Å². The number of aromatic nitrogens is 6. The Labute approximate surface area is 204 Å². The van der Waals surface area contributed by atoms with Gasteiger partial charge in [0.05, 0.1) is 11.4 Å². The number of aryl methyl sites for hydroxylation is 1. The second kappa shape index (κ2) is 8.85. The van der Waals surface area contributed by atoms with Crippen LogP contribution in [-0.4, -0.2) is 44.1 Å². The van der Waals surface area contributed by atoms with Crippen LogP contribution in [0.4, 0.5) is 10.8 Å². The van der Waals surface area contributed by atoms with Crippen LogP contribution in [0.25, 0.3) is 28.3 Å². The number of thiazole rings is 1. The van der Waals surface area contributed by atoms with Gasteiger partial charge in [-0.05, 0) is 43.3 Å². The van der Waals surface area contributed by atoms with E-state index in [2.05, 4.69) is 35.3 Å². The van der Waals surface area contributed by atoms with Gasteiger partial charge in [0.1, 0.15) is 0 Å². The minimum atomic E-state index is -3.92. The molecule has 35 heavy (non-hydrogen) atoms. The van der Waals surface area contributed by atoms with E-state index in [9.17, 15) is 13.2 Å². The molecule has 13 heteroatoms. The molecule has 5 aromatic rings. The summed E-state index contributed by atoms with van der Waals surface area (Å²) < 4.78 is 30.3. The molecule has 0 spiro atoms. The topological polar surface area (TPSA) is 144 Å². The number of nitrogens with zero attached hydrogens (tertiary/aromatic N) is 6. The normalized spacial score (nSPS) is 11.5. The minimum Gasteiger partial charge on any atom is -0.302 e. The number of benzene rings is 1. The van der Waals surface area contributed by atoms with Crippen molar-refractivity contribution >= 4 is 43.7 Å². The molecule has 4 heterocycles. The summed E-state index contributed by atoms with van der Waals surface area (Å²) in [6.07, 6.45) is 3.35. The molecule has 0 radical (unpaired) electrons. The third-order valence-corrected chi connectivity index (χ3v) is 7.94. The number of anilines is 2. The van der Waals surface area contributed by atoms with Crippen molar-refractivity contribution < 1.29 is 13.2 Å². The van der Waals surface area contributed by atoms with Gasteiger partial charge in [-0.25, -0.2) is 13.4 Å². The molecule has 11 nitrogen and oxygen atoms in total. The van der Waals surface area contributed by atoms with Crippen LogP contribution in [0.15, 0.2) is 65.1 Å². The highest BCUT2D eigenvalue weighted by Crippen LogP contribution is 2.30. The summed E-state index contributed by atoms with van der Waals surface area (Å²) in [6, 6.07) is 14.1. The fourth-order valence-corrected chi connectivity index (χ4v) is 5.91. The van der Waals surface area contributed by atoms with E-state index in [1.807, 2.05) is 12.1 Å². The van der Waals surface area contributed by atoms with Crippen molar-refractivity contribution in [2.45, 2.75) is 18.1 Å². The third kappa shape index (κ3) is 4.58. The fraction of sp³-hybridized carbons (Fsp3) is 0.0909. The molecule has 0 aliphatic heterocycles. The van der Waals surface area contributed by atoms with Gasteiger partial charge in [-0.3, -0.25) is 14.5 Å². The van der Waals surface area contributed by atoms with E-state index < -0.39 is 10.0 Å². The van der Waals surface area contributed by atoms with E-state index in [1.54, 1.807) is 60.2 Å². The molecule has 0 atom stereocenters. The first kappa shape index (κ1) is 22.6. The van der Waals surface area contributed by atoms with Crippen LogP contribution in [0.3, 0.4) is 0 Å². The summed E-state index contributed by atoms with van der Waals surface area (Å²) in [5.74, 6) is 0.218. The predicted octanol–water partition coefficient (Wildman–Crippen LogP) is 3.38. The average Bonchev–Trinajstić information content (AvgIpc) is 3.42. The molecule has 5 rings (SSSR count). The maximum absolute atomic E-state index is 13.0. The Morgan fingerprint density at radius 3 is 2.66 bits per heavy atom. The van der Waals surface area contributed by atoms with Crippen LogP contribution in [0.5, 0.6) is 0 Å². The number of amides is 1. The summed E-state index contributed by atoms with van der Waals surface area (Å²) in [6.45, 7) is 2.91. The molecule has 0 fully saturated rings. The van der Waals surface area contributed by atoms with Crippen molar-refractivity contribution in [3.05, 3.63) is 66.6 Å². The first-order valence-corrected chi connectivity index (χ1v) is 12.6. The average molecular weight is 507 g/mol. The largest absolute Gasteiger partial charge is 0.302 e. The number of nitrogens with one attached hydrogen (secondary N) is 2. The molecule has 0 bridgehead atoms. The van der Waals surface area contributed by atoms with Crippen LogP contribution in [0.2, 0.25) is 0 Å². The van der Waals surface area contributed by atoms with Crippen LogP contribution in [-0.2, 0) is 14.8 Å². The van der Waals surface area contributed by atoms with Crippen LogP contribution in [0.1, 0.15) is 12.6 Å². The van der Waals surface area contributed by atoms with Crippen molar-refractivity contribution in [1.29, 1.82) is 0 Å². The van der Waals surface area contributed by atoms with Gasteiger partial charge in [-0.15, -0.1) is 10.2 Å². The van der Waals surface area contributed by atoms with Gasteiger partial charge in [-0.1, -0.05) is 23.5 Å². The first-order valence-electron chi connectivity index (χ1n) is 10.3. The van der Waals surface area contributed by atoms with E-state index >= 15 is 0 Å². The second-order valence-corrected chi connectivity index (χ2v) is 10.4.